The number of furan rings is 1. The maximum absolute atomic E-state index is 13.5. The molecule has 1 aliphatic rings. The molecule has 1 atom stereocenters. The molecule has 0 saturated carbocycles. The minimum absolute atomic E-state index is 0.00898. The molecule has 2 aromatic carbocycles. The number of fused-ring (bicyclic) bond motifs is 4. The standard InChI is InChI=1S/C23H18BrN3O7/c1-10-18(23(30)33-2)20-19-12(8-24)9-26(14(19)7-15(28)21(20)25-10)22(29)17-6-11-5-13(27(31)32)3-4-16(11)34-17/h3-7,12,25,28H,8-9H2,1-2H3/t12-/m1/s1. The number of halogens is 1. The van der Waals surface area contributed by atoms with Crippen molar-refractivity contribution in [2.24, 2.45) is 0 Å². The molecule has 0 bridgehead atoms. The largest absolute Gasteiger partial charge is 0.506 e. The number of esters is 1. The number of nitrogens with one attached hydrogen (secondary N) is 1. The zero-order valence-corrected chi connectivity index (χ0v) is 19.6. The second-order valence-electron chi connectivity index (χ2n) is 8.05. The Morgan fingerprint density at radius 2 is 2.12 bits per heavy atom. The molecule has 3 heterocycles. The Kier molecular flexibility index (Phi) is 5.08. The average molecular weight is 528 g/mol. The Morgan fingerprint density at radius 1 is 1.35 bits per heavy atom. The number of aryl methyl sites for hydroxylation is 1. The van der Waals surface area contributed by atoms with Crippen LogP contribution in [0.5, 0.6) is 5.75 Å². The van der Waals surface area contributed by atoms with Crippen LogP contribution >= 0.6 is 15.9 Å². The summed E-state index contributed by atoms with van der Waals surface area (Å²) in [5.41, 5.74) is 2.67. The lowest BCUT2D eigenvalue weighted by atomic mass is 9.96. The first-order chi connectivity index (χ1) is 16.2. The fraction of sp³-hybridized carbons (Fsp3) is 0.217. The van der Waals surface area contributed by atoms with Crippen LogP contribution in [-0.2, 0) is 4.74 Å². The summed E-state index contributed by atoms with van der Waals surface area (Å²) in [5, 5.41) is 23.3. The molecule has 0 spiro atoms. The lowest BCUT2D eigenvalue weighted by molar-refractivity contribution is -0.384. The molecule has 11 heteroatoms. The Morgan fingerprint density at radius 3 is 2.79 bits per heavy atom. The molecule has 1 amide bonds. The van der Waals surface area contributed by atoms with Gasteiger partial charge in [0.25, 0.3) is 11.6 Å². The number of methoxy groups -OCH3 is 1. The van der Waals surface area contributed by atoms with Crippen molar-refractivity contribution in [3.05, 3.63) is 63.0 Å². The molecule has 1 aliphatic heterocycles. The van der Waals surface area contributed by atoms with E-state index in [0.717, 1.165) is 5.56 Å². The van der Waals surface area contributed by atoms with Gasteiger partial charge in [-0.15, -0.1) is 0 Å². The molecule has 10 nitrogen and oxygen atoms in total. The number of nitrogens with zero attached hydrogens (tertiary/aromatic N) is 2. The van der Waals surface area contributed by atoms with Gasteiger partial charge in [-0.25, -0.2) is 4.79 Å². The SMILES string of the molecule is COC(=O)c1c(C)[nH]c2c(O)cc3c(c12)[C@H](CBr)CN3C(=O)c1cc2cc([N+](=O)[O-])ccc2o1. The molecule has 5 rings (SSSR count). The van der Waals surface area contributed by atoms with Gasteiger partial charge >= 0.3 is 5.97 Å². The van der Waals surface area contributed by atoms with Crippen LogP contribution in [0.25, 0.3) is 21.9 Å². The Bertz CT molecular complexity index is 1520. The predicted octanol–water partition coefficient (Wildman–Crippen LogP) is 4.76. The van der Waals surface area contributed by atoms with Gasteiger partial charge in [-0.1, -0.05) is 15.9 Å². The van der Waals surface area contributed by atoms with Crippen LogP contribution < -0.4 is 4.90 Å². The van der Waals surface area contributed by atoms with Gasteiger partial charge in [0.1, 0.15) is 11.3 Å². The molecule has 34 heavy (non-hydrogen) atoms. The fourth-order valence-electron chi connectivity index (χ4n) is 4.60. The third-order valence-corrected chi connectivity index (χ3v) is 6.89. The van der Waals surface area contributed by atoms with Crippen molar-refractivity contribution in [3.63, 3.8) is 0 Å². The second kappa shape index (κ2) is 7.87. The van der Waals surface area contributed by atoms with E-state index in [2.05, 4.69) is 20.9 Å². The number of benzene rings is 2. The first-order valence-electron chi connectivity index (χ1n) is 10.3. The van der Waals surface area contributed by atoms with E-state index >= 15 is 0 Å². The number of hydrogen-bond acceptors (Lipinski definition) is 7. The third kappa shape index (κ3) is 3.15. The summed E-state index contributed by atoms with van der Waals surface area (Å²) in [4.78, 5) is 41.1. The quantitative estimate of drug-likeness (QED) is 0.169. The van der Waals surface area contributed by atoms with Crippen LogP contribution in [0.15, 0.2) is 34.7 Å². The van der Waals surface area contributed by atoms with Gasteiger partial charge in [-0.2, -0.15) is 0 Å². The van der Waals surface area contributed by atoms with Crippen molar-refractivity contribution in [3.8, 4) is 5.75 Å². The van der Waals surface area contributed by atoms with E-state index in [1.54, 1.807) is 6.92 Å². The monoisotopic (exact) mass is 527 g/mol. The molecule has 0 fully saturated rings. The smallest absolute Gasteiger partial charge is 0.340 e. The van der Waals surface area contributed by atoms with Crippen LogP contribution in [0, 0.1) is 17.0 Å². The minimum atomic E-state index is -0.548. The van der Waals surface area contributed by atoms with Crippen LogP contribution in [0.4, 0.5) is 11.4 Å². The van der Waals surface area contributed by atoms with E-state index < -0.39 is 16.8 Å². The normalized spacial score (nSPS) is 15.1. The summed E-state index contributed by atoms with van der Waals surface area (Å²) >= 11 is 3.50. The van der Waals surface area contributed by atoms with Crippen LogP contribution in [0.3, 0.4) is 0 Å². The van der Waals surface area contributed by atoms with Crippen molar-refractivity contribution in [2.75, 3.05) is 23.9 Å². The van der Waals surface area contributed by atoms with Crippen molar-refractivity contribution in [1.29, 1.82) is 0 Å². The number of aromatic nitrogens is 1. The number of aromatic amines is 1. The van der Waals surface area contributed by atoms with Gasteiger partial charge in [0.05, 0.1) is 28.8 Å². The molecule has 0 radical (unpaired) electrons. The van der Waals surface area contributed by atoms with Crippen LogP contribution in [-0.4, -0.2) is 45.9 Å². The molecule has 174 valence electrons. The van der Waals surface area contributed by atoms with E-state index in [1.165, 1.54) is 42.3 Å². The molecular weight excluding hydrogens is 510 g/mol. The number of phenolic OH excluding ortho intramolecular Hbond substituents is 1. The summed E-state index contributed by atoms with van der Waals surface area (Å²) in [6.07, 6.45) is 0. The number of nitro benzene ring substituents is 1. The number of carbonyl (C=O) groups is 2. The minimum Gasteiger partial charge on any atom is -0.506 e. The van der Waals surface area contributed by atoms with Gasteiger partial charge < -0.3 is 24.1 Å². The van der Waals surface area contributed by atoms with Gasteiger partial charge in [-0.05, 0) is 24.6 Å². The summed E-state index contributed by atoms with van der Waals surface area (Å²) in [6, 6.07) is 7.05. The van der Waals surface area contributed by atoms with E-state index in [4.69, 9.17) is 9.15 Å². The number of phenols is 1. The Labute approximate surface area is 200 Å². The lowest BCUT2D eigenvalue weighted by Crippen LogP contribution is -2.29. The molecule has 0 saturated heterocycles. The molecular formula is C23H18BrN3O7. The molecule has 2 aromatic heterocycles. The zero-order valence-electron chi connectivity index (χ0n) is 18.0. The number of carbonyl (C=O) groups excluding carboxylic acids is 2. The Hall–Kier alpha value is -3.86. The number of amides is 1. The number of hydrogen-bond donors (Lipinski definition) is 2. The van der Waals surface area contributed by atoms with E-state index in [1.807, 2.05) is 0 Å². The van der Waals surface area contributed by atoms with Crippen molar-refractivity contribution in [2.45, 2.75) is 12.8 Å². The summed E-state index contributed by atoms with van der Waals surface area (Å²) in [6.45, 7) is 1.99. The molecule has 4 aromatic rings. The van der Waals surface area contributed by atoms with Crippen molar-refractivity contribution < 1.29 is 28.8 Å². The van der Waals surface area contributed by atoms with Crippen molar-refractivity contribution >= 4 is 61.1 Å². The number of nitro groups is 1. The zero-order chi connectivity index (χ0) is 24.3. The number of alkyl halides is 1. The van der Waals surface area contributed by atoms with Gasteiger partial charge in [-0.3, -0.25) is 14.9 Å². The van der Waals surface area contributed by atoms with E-state index in [0.29, 0.717) is 44.1 Å². The van der Waals surface area contributed by atoms with E-state index in [9.17, 15) is 24.8 Å². The highest BCUT2D eigenvalue weighted by Gasteiger charge is 2.38. The fourth-order valence-corrected chi connectivity index (χ4v) is 5.13. The summed E-state index contributed by atoms with van der Waals surface area (Å²) in [5.74, 6) is -1.29. The first-order valence-corrected chi connectivity index (χ1v) is 11.4. The highest BCUT2D eigenvalue weighted by Crippen LogP contribution is 2.47. The number of ether oxygens (including phenoxy) is 1. The number of anilines is 1. The van der Waals surface area contributed by atoms with E-state index in [-0.39, 0.29) is 29.7 Å². The third-order valence-electron chi connectivity index (χ3n) is 6.11. The lowest BCUT2D eigenvalue weighted by Gasteiger charge is -2.16. The maximum atomic E-state index is 13.5. The number of non-ortho nitro benzene ring substituents is 1. The maximum Gasteiger partial charge on any atom is 0.340 e. The first kappa shape index (κ1) is 22.0. The van der Waals surface area contributed by atoms with Crippen LogP contribution in [0.1, 0.15) is 38.1 Å². The molecule has 2 N–H and O–H groups in total. The summed E-state index contributed by atoms with van der Waals surface area (Å²) < 4.78 is 10.7. The van der Waals surface area contributed by atoms with Gasteiger partial charge in [0.15, 0.2) is 5.76 Å². The van der Waals surface area contributed by atoms with Crippen molar-refractivity contribution in [1.82, 2.24) is 4.98 Å². The summed E-state index contributed by atoms with van der Waals surface area (Å²) in [7, 11) is 1.29. The molecule has 0 aliphatic carbocycles. The predicted molar refractivity (Wildman–Crippen MR) is 127 cm³/mol. The molecule has 0 unspecified atom stereocenters. The number of H-pyrrole nitrogens is 1. The van der Waals surface area contributed by atoms with Crippen LogP contribution in [0.2, 0.25) is 0 Å². The second-order valence-corrected chi connectivity index (χ2v) is 8.70. The Balaban J connectivity index is 1.66. The van der Waals surface area contributed by atoms with Gasteiger partial charge in [0, 0.05) is 52.5 Å². The average Bonchev–Trinajstić information content (AvgIpc) is 3.50. The number of rotatable bonds is 4. The van der Waals surface area contributed by atoms with Gasteiger partial charge in [0.2, 0.25) is 0 Å². The number of aromatic hydroxyl groups is 1. The highest BCUT2D eigenvalue weighted by atomic mass is 79.9. The highest BCUT2D eigenvalue weighted by molar-refractivity contribution is 9.09. The topological polar surface area (TPSA) is 139 Å².